The molecule has 0 bridgehead atoms. The van der Waals surface area contributed by atoms with Crippen LogP contribution in [0.3, 0.4) is 0 Å². The van der Waals surface area contributed by atoms with E-state index in [1.807, 2.05) is 5.32 Å². The molecule has 2 N–H and O–H groups in total. The van der Waals surface area contributed by atoms with Gasteiger partial charge in [0.25, 0.3) is 0 Å². The predicted octanol–water partition coefficient (Wildman–Crippen LogP) is 2.32. The molecule has 0 unspecified atom stereocenters. The molecule has 0 heterocycles. The van der Waals surface area contributed by atoms with Crippen LogP contribution in [-0.2, 0) is 4.79 Å². The van der Waals surface area contributed by atoms with Crippen molar-refractivity contribution in [3.05, 3.63) is 27.7 Å². The van der Waals surface area contributed by atoms with Gasteiger partial charge in [-0.1, -0.05) is 27.5 Å². The maximum absolute atomic E-state index is 11.2. The molecule has 0 spiro atoms. The minimum absolute atomic E-state index is 0.234. The third-order valence-corrected chi connectivity index (χ3v) is 2.51. The predicted molar refractivity (Wildman–Crippen MR) is 65.7 cm³/mol. The SMILES string of the molecule is O=C(CNC(=O)O)COc1ccc(Br)cc1Cl. The largest absolute Gasteiger partial charge is 0.484 e. The Bertz CT molecular complexity index is 438. The highest BCUT2D eigenvalue weighted by atomic mass is 79.9. The molecule has 0 aliphatic carbocycles. The topological polar surface area (TPSA) is 75.6 Å². The van der Waals surface area contributed by atoms with Gasteiger partial charge >= 0.3 is 6.09 Å². The van der Waals surface area contributed by atoms with E-state index in [9.17, 15) is 9.59 Å². The maximum atomic E-state index is 11.2. The Balaban J connectivity index is 2.44. The number of amides is 1. The number of Topliss-reactive ketones (excluding diaryl/α,β-unsaturated/α-hetero) is 1. The number of nitrogens with one attached hydrogen (secondary N) is 1. The summed E-state index contributed by atoms with van der Waals surface area (Å²) in [4.78, 5) is 21.3. The normalized spacial score (nSPS) is 9.76. The van der Waals surface area contributed by atoms with Crippen molar-refractivity contribution < 1.29 is 19.4 Å². The monoisotopic (exact) mass is 321 g/mol. The molecule has 7 heteroatoms. The summed E-state index contributed by atoms with van der Waals surface area (Å²) in [7, 11) is 0. The third kappa shape index (κ3) is 5.06. The van der Waals surface area contributed by atoms with Gasteiger partial charge in [0.2, 0.25) is 0 Å². The molecule has 0 aliphatic heterocycles. The molecule has 92 valence electrons. The zero-order chi connectivity index (χ0) is 12.8. The standard InChI is InChI=1S/C10H9BrClNO4/c11-6-1-2-9(8(12)3-6)17-5-7(14)4-13-10(15)16/h1-3,13H,4-5H2,(H,15,16). The van der Waals surface area contributed by atoms with Crippen molar-refractivity contribution in [2.45, 2.75) is 0 Å². The van der Waals surface area contributed by atoms with Crippen LogP contribution in [0.25, 0.3) is 0 Å². The second-order valence-electron chi connectivity index (χ2n) is 3.06. The number of hydrogen-bond donors (Lipinski definition) is 2. The molecule has 0 aliphatic rings. The fraction of sp³-hybridized carbons (Fsp3) is 0.200. The number of halogens is 2. The van der Waals surface area contributed by atoms with Crippen LogP contribution in [0.4, 0.5) is 4.79 Å². The average molecular weight is 323 g/mol. The molecule has 1 aromatic carbocycles. The van der Waals surface area contributed by atoms with Crippen LogP contribution in [0.15, 0.2) is 22.7 Å². The first-order valence-electron chi connectivity index (χ1n) is 4.55. The lowest BCUT2D eigenvalue weighted by Crippen LogP contribution is -2.30. The molecule has 0 atom stereocenters. The van der Waals surface area contributed by atoms with Crippen LogP contribution in [-0.4, -0.2) is 30.1 Å². The van der Waals surface area contributed by atoms with Crippen molar-refractivity contribution >= 4 is 39.4 Å². The maximum Gasteiger partial charge on any atom is 0.405 e. The third-order valence-electron chi connectivity index (χ3n) is 1.72. The van der Waals surface area contributed by atoms with Crippen molar-refractivity contribution in [3.63, 3.8) is 0 Å². The number of hydrogen-bond acceptors (Lipinski definition) is 3. The molecule has 0 radical (unpaired) electrons. The molecule has 0 aromatic heterocycles. The average Bonchev–Trinajstić information content (AvgIpc) is 2.25. The summed E-state index contributed by atoms with van der Waals surface area (Å²) in [6.45, 7) is -0.523. The lowest BCUT2D eigenvalue weighted by Gasteiger charge is -2.07. The Labute approximate surface area is 111 Å². The molecule has 0 saturated heterocycles. The Morgan fingerprint density at radius 3 is 2.76 bits per heavy atom. The number of ether oxygens (including phenoxy) is 1. The highest BCUT2D eigenvalue weighted by Crippen LogP contribution is 2.27. The van der Waals surface area contributed by atoms with Crippen molar-refractivity contribution in [3.8, 4) is 5.75 Å². The highest BCUT2D eigenvalue weighted by molar-refractivity contribution is 9.10. The van der Waals surface area contributed by atoms with E-state index in [4.69, 9.17) is 21.4 Å². The van der Waals surface area contributed by atoms with Crippen molar-refractivity contribution in [2.75, 3.05) is 13.2 Å². The van der Waals surface area contributed by atoms with Crippen LogP contribution < -0.4 is 10.1 Å². The van der Waals surface area contributed by atoms with Crippen molar-refractivity contribution in [1.29, 1.82) is 0 Å². The van der Waals surface area contributed by atoms with E-state index in [1.54, 1.807) is 18.2 Å². The fourth-order valence-corrected chi connectivity index (χ4v) is 1.70. The van der Waals surface area contributed by atoms with E-state index in [-0.39, 0.29) is 18.9 Å². The van der Waals surface area contributed by atoms with Crippen LogP contribution in [0.1, 0.15) is 0 Å². The van der Waals surface area contributed by atoms with Crippen LogP contribution in [0.5, 0.6) is 5.75 Å². The first kappa shape index (κ1) is 13.8. The van der Waals surface area contributed by atoms with Crippen LogP contribution in [0.2, 0.25) is 5.02 Å². The molecule has 1 rings (SSSR count). The second kappa shape index (κ2) is 6.46. The van der Waals surface area contributed by atoms with Crippen LogP contribution in [0, 0.1) is 0 Å². The fourth-order valence-electron chi connectivity index (χ4n) is 0.976. The quantitative estimate of drug-likeness (QED) is 0.872. The Morgan fingerprint density at radius 2 is 2.18 bits per heavy atom. The number of carbonyl (C=O) groups excluding carboxylic acids is 1. The van der Waals surface area contributed by atoms with Gasteiger partial charge in [-0.2, -0.15) is 0 Å². The van der Waals surface area contributed by atoms with Crippen LogP contribution >= 0.6 is 27.5 Å². The van der Waals surface area contributed by atoms with Gasteiger partial charge in [0.05, 0.1) is 11.6 Å². The number of rotatable bonds is 5. The number of carboxylic acid groups (broad SMARTS) is 1. The van der Waals surface area contributed by atoms with Crippen molar-refractivity contribution in [1.82, 2.24) is 5.32 Å². The summed E-state index contributed by atoms with van der Waals surface area (Å²) in [5.74, 6) is -0.00933. The first-order chi connectivity index (χ1) is 7.99. The minimum atomic E-state index is -1.25. The van der Waals surface area contributed by atoms with E-state index in [1.165, 1.54) is 0 Å². The Morgan fingerprint density at radius 1 is 1.47 bits per heavy atom. The summed E-state index contributed by atoms with van der Waals surface area (Å²) in [5, 5.41) is 10.6. The number of ketones is 1. The molecule has 1 amide bonds. The lowest BCUT2D eigenvalue weighted by molar-refractivity contribution is -0.120. The van der Waals surface area contributed by atoms with Gasteiger partial charge in [-0.3, -0.25) is 4.79 Å². The summed E-state index contributed by atoms with van der Waals surface area (Å²) in [6, 6.07) is 4.97. The smallest absolute Gasteiger partial charge is 0.405 e. The van der Waals surface area contributed by atoms with E-state index >= 15 is 0 Å². The summed E-state index contributed by atoms with van der Waals surface area (Å²) < 4.78 is 5.95. The Kier molecular flexibility index (Phi) is 5.24. The first-order valence-corrected chi connectivity index (χ1v) is 5.72. The molecule has 0 fully saturated rings. The van der Waals surface area contributed by atoms with E-state index in [0.717, 1.165) is 4.47 Å². The highest BCUT2D eigenvalue weighted by Gasteiger charge is 2.07. The number of benzene rings is 1. The van der Waals surface area contributed by atoms with Gasteiger partial charge in [-0.05, 0) is 18.2 Å². The van der Waals surface area contributed by atoms with E-state index < -0.39 is 6.09 Å². The zero-order valence-electron chi connectivity index (χ0n) is 8.57. The van der Waals surface area contributed by atoms with Gasteiger partial charge in [-0.25, -0.2) is 4.79 Å². The lowest BCUT2D eigenvalue weighted by atomic mass is 10.3. The van der Waals surface area contributed by atoms with Crippen molar-refractivity contribution in [2.24, 2.45) is 0 Å². The van der Waals surface area contributed by atoms with Gasteiger partial charge in [0.15, 0.2) is 5.78 Å². The Hall–Kier alpha value is -1.27. The molecule has 1 aromatic rings. The molecular weight excluding hydrogens is 313 g/mol. The number of carbonyl (C=O) groups is 2. The summed E-state index contributed by atoms with van der Waals surface area (Å²) in [5.41, 5.74) is 0. The molecule has 17 heavy (non-hydrogen) atoms. The molecule has 0 saturated carbocycles. The van der Waals surface area contributed by atoms with E-state index in [0.29, 0.717) is 10.8 Å². The van der Waals surface area contributed by atoms with E-state index in [2.05, 4.69) is 15.9 Å². The summed E-state index contributed by atoms with van der Waals surface area (Å²) >= 11 is 9.10. The van der Waals surface area contributed by atoms with Gasteiger partial charge in [0, 0.05) is 4.47 Å². The molecular formula is C10H9BrClNO4. The van der Waals surface area contributed by atoms with Gasteiger partial charge in [0.1, 0.15) is 12.4 Å². The zero-order valence-corrected chi connectivity index (χ0v) is 10.9. The van der Waals surface area contributed by atoms with Gasteiger partial charge < -0.3 is 15.2 Å². The second-order valence-corrected chi connectivity index (χ2v) is 4.38. The van der Waals surface area contributed by atoms with Gasteiger partial charge in [-0.15, -0.1) is 0 Å². The summed E-state index contributed by atoms with van der Waals surface area (Å²) in [6.07, 6.45) is -1.25. The molecule has 5 nitrogen and oxygen atoms in total. The minimum Gasteiger partial charge on any atom is -0.484 e.